The van der Waals surface area contributed by atoms with Gasteiger partial charge in [-0.1, -0.05) is 11.6 Å². The standard InChI is InChI=1S/C23H23N3O3/c1-15-18(11-26-12-19(13-26)23(27)28)3-2-17-9-21(4-5-22(15)17)29-14-20-8-16(10-24)6-7-25-20/h4-9,19H,2-3,11-14H2,1H3,(H,27,28). The van der Waals surface area contributed by atoms with Crippen molar-refractivity contribution in [1.29, 1.82) is 5.26 Å². The fourth-order valence-corrected chi connectivity index (χ4v) is 4.00. The number of benzene rings is 1. The predicted molar refractivity (Wildman–Crippen MR) is 108 cm³/mol. The average molecular weight is 389 g/mol. The lowest BCUT2D eigenvalue weighted by atomic mass is 9.85. The molecule has 0 radical (unpaired) electrons. The molecule has 2 aromatic rings. The summed E-state index contributed by atoms with van der Waals surface area (Å²) in [5.74, 6) is -0.103. The normalized spacial score (nSPS) is 16.7. The first-order valence-corrected chi connectivity index (χ1v) is 9.78. The molecule has 1 saturated heterocycles. The summed E-state index contributed by atoms with van der Waals surface area (Å²) in [4.78, 5) is 17.4. The van der Waals surface area contributed by atoms with Gasteiger partial charge in [-0.15, -0.1) is 0 Å². The number of carbonyl (C=O) groups is 1. The number of hydrogen-bond donors (Lipinski definition) is 1. The molecule has 0 atom stereocenters. The van der Waals surface area contributed by atoms with Crippen molar-refractivity contribution in [3.8, 4) is 11.8 Å². The molecular formula is C23H23N3O3. The minimum absolute atomic E-state index is 0.213. The number of carboxylic acid groups (broad SMARTS) is 1. The maximum Gasteiger partial charge on any atom is 0.309 e. The van der Waals surface area contributed by atoms with Crippen molar-refractivity contribution in [3.63, 3.8) is 0 Å². The van der Waals surface area contributed by atoms with Crippen molar-refractivity contribution in [2.45, 2.75) is 26.4 Å². The Bertz CT molecular complexity index is 1020. The van der Waals surface area contributed by atoms with Crippen LogP contribution >= 0.6 is 0 Å². The number of allylic oxidation sites excluding steroid dienone is 1. The lowest BCUT2D eigenvalue weighted by Crippen LogP contribution is -2.50. The van der Waals surface area contributed by atoms with Gasteiger partial charge in [-0.2, -0.15) is 5.26 Å². The summed E-state index contributed by atoms with van der Waals surface area (Å²) >= 11 is 0. The summed E-state index contributed by atoms with van der Waals surface area (Å²) in [6.45, 7) is 4.63. The van der Waals surface area contributed by atoms with Crippen LogP contribution < -0.4 is 4.74 Å². The lowest BCUT2D eigenvalue weighted by molar-refractivity contribution is -0.147. The molecule has 6 heteroatoms. The van der Waals surface area contributed by atoms with Gasteiger partial charge in [0.1, 0.15) is 12.4 Å². The van der Waals surface area contributed by atoms with Crippen molar-refractivity contribution < 1.29 is 14.6 Å². The summed E-state index contributed by atoms with van der Waals surface area (Å²) in [5, 5.41) is 18.0. The molecule has 148 valence electrons. The number of hydrogen-bond acceptors (Lipinski definition) is 5. The first kappa shape index (κ1) is 19.2. The van der Waals surface area contributed by atoms with E-state index in [4.69, 9.17) is 15.1 Å². The number of rotatable bonds is 6. The second-order valence-electron chi connectivity index (χ2n) is 7.71. The molecule has 1 aromatic carbocycles. The zero-order valence-electron chi connectivity index (χ0n) is 16.4. The van der Waals surface area contributed by atoms with Crippen LogP contribution in [0.5, 0.6) is 5.75 Å². The number of ether oxygens (including phenoxy) is 1. The Hall–Kier alpha value is -3.17. The van der Waals surface area contributed by atoms with E-state index in [0.29, 0.717) is 25.3 Å². The zero-order chi connectivity index (χ0) is 20.4. The van der Waals surface area contributed by atoms with Gasteiger partial charge in [0, 0.05) is 25.8 Å². The Morgan fingerprint density at radius 1 is 1.31 bits per heavy atom. The maximum absolute atomic E-state index is 11.0. The fourth-order valence-electron chi connectivity index (χ4n) is 4.00. The van der Waals surface area contributed by atoms with E-state index in [2.05, 4.69) is 35.0 Å². The number of nitriles is 1. The Kier molecular flexibility index (Phi) is 5.32. The van der Waals surface area contributed by atoms with Gasteiger partial charge in [0.25, 0.3) is 0 Å². The summed E-state index contributed by atoms with van der Waals surface area (Å²) in [5.41, 5.74) is 6.52. The van der Waals surface area contributed by atoms with E-state index in [1.807, 2.05) is 6.07 Å². The molecule has 0 unspecified atom stereocenters. The van der Waals surface area contributed by atoms with Gasteiger partial charge in [-0.3, -0.25) is 14.7 Å². The molecule has 29 heavy (non-hydrogen) atoms. The molecule has 6 nitrogen and oxygen atoms in total. The highest BCUT2D eigenvalue weighted by Crippen LogP contribution is 2.34. The third-order valence-electron chi connectivity index (χ3n) is 5.76. The summed E-state index contributed by atoms with van der Waals surface area (Å²) in [7, 11) is 0. The second kappa shape index (κ2) is 8.06. The highest BCUT2D eigenvalue weighted by atomic mass is 16.5. The number of aromatic nitrogens is 1. The van der Waals surface area contributed by atoms with Crippen LogP contribution in [0.4, 0.5) is 0 Å². The van der Waals surface area contributed by atoms with Gasteiger partial charge >= 0.3 is 5.97 Å². The highest BCUT2D eigenvalue weighted by Gasteiger charge is 2.33. The van der Waals surface area contributed by atoms with E-state index in [-0.39, 0.29) is 5.92 Å². The fraction of sp³-hybridized carbons (Fsp3) is 0.348. The van der Waals surface area contributed by atoms with E-state index in [9.17, 15) is 4.79 Å². The Morgan fingerprint density at radius 2 is 2.14 bits per heavy atom. The molecule has 1 aromatic heterocycles. The van der Waals surface area contributed by atoms with Gasteiger partial charge in [0.15, 0.2) is 0 Å². The molecule has 2 heterocycles. The number of aliphatic carboxylic acids is 1. The molecular weight excluding hydrogens is 366 g/mol. The average Bonchev–Trinajstić information content (AvgIpc) is 2.70. The van der Waals surface area contributed by atoms with Crippen molar-refractivity contribution in [3.05, 3.63) is 64.5 Å². The van der Waals surface area contributed by atoms with Crippen LogP contribution in [0.15, 0.2) is 42.1 Å². The van der Waals surface area contributed by atoms with Gasteiger partial charge in [0.05, 0.1) is 23.2 Å². The molecule has 4 rings (SSSR count). The molecule has 0 spiro atoms. The van der Waals surface area contributed by atoms with E-state index in [1.54, 1.807) is 18.3 Å². The quantitative estimate of drug-likeness (QED) is 0.816. The topological polar surface area (TPSA) is 86.5 Å². The summed E-state index contributed by atoms with van der Waals surface area (Å²) < 4.78 is 5.89. The molecule has 1 N–H and O–H groups in total. The van der Waals surface area contributed by atoms with Gasteiger partial charge in [-0.25, -0.2) is 0 Å². The molecule has 2 aliphatic rings. The predicted octanol–water partition coefficient (Wildman–Crippen LogP) is 3.27. The van der Waals surface area contributed by atoms with Gasteiger partial charge < -0.3 is 9.84 Å². The van der Waals surface area contributed by atoms with Crippen LogP contribution in [-0.4, -0.2) is 40.6 Å². The molecule has 0 amide bonds. The van der Waals surface area contributed by atoms with Crippen LogP contribution in [0.3, 0.4) is 0 Å². The van der Waals surface area contributed by atoms with Gasteiger partial charge in [-0.05, 0) is 60.7 Å². The molecule has 1 fully saturated rings. The maximum atomic E-state index is 11.0. The third-order valence-corrected chi connectivity index (χ3v) is 5.76. The third kappa shape index (κ3) is 4.15. The second-order valence-corrected chi connectivity index (χ2v) is 7.71. The van der Waals surface area contributed by atoms with E-state index >= 15 is 0 Å². The van der Waals surface area contributed by atoms with Crippen LogP contribution in [0.2, 0.25) is 0 Å². The van der Waals surface area contributed by atoms with Crippen LogP contribution in [0, 0.1) is 17.2 Å². The molecule has 1 aliphatic heterocycles. The number of nitrogens with zero attached hydrogens (tertiary/aromatic N) is 3. The van der Waals surface area contributed by atoms with Crippen LogP contribution in [-0.2, 0) is 17.8 Å². The number of pyridine rings is 1. The Labute approximate surface area is 170 Å². The number of likely N-dealkylation sites (tertiary alicyclic amines) is 1. The Morgan fingerprint density at radius 3 is 2.90 bits per heavy atom. The van der Waals surface area contributed by atoms with Crippen molar-refractivity contribution in [2.24, 2.45) is 5.92 Å². The first-order valence-electron chi connectivity index (χ1n) is 9.78. The van der Waals surface area contributed by atoms with Crippen molar-refractivity contribution in [2.75, 3.05) is 19.6 Å². The minimum Gasteiger partial charge on any atom is -0.487 e. The number of aryl methyl sites for hydroxylation is 1. The molecule has 0 bridgehead atoms. The molecule has 0 saturated carbocycles. The van der Waals surface area contributed by atoms with Crippen molar-refractivity contribution >= 4 is 11.5 Å². The summed E-state index contributed by atoms with van der Waals surface area (Å²) in [6, 6.07) is 11.7. The SMILES string of the molecule is CC1=C(CN2CC(C(=O)O)C2)CCc2cc(OCc3cc(C#N)ccn3)ccc21. The number of carboxylic acids is 1. The zero-order valence-corrected chi connectivity index (χ0v) is 16.4. The van der Waals surface area contributed by atoms with Crippen molar-refractivity contribution in [1.82, 2.24) is 9.88 Å². The van der Waals surface area contributed by atoms with E-state index in [0.717, 1.165) is 30.8 Å². The van der Waals surface area contributed by atoms with E-state index in [1.165, 1.54) is 22.3 Å². The Balaban J connectivity index is 1.41. The smallest absolute Gasteiger partial charge is 0.309 e. The summed E-state index contributed by atoms with van der Waals surface area (Å²) in [6.07, 6.45) is 3.57. The largest absolute Gasteiger partial charge is 0.487 e. The first-order chi connectivity index (χ1) is 14.0. The molecule has 1 aliphatic carbocycles. The number of fused-ring (bicyclic) bond motifs is 1. The van der Waals surface area contributed by atoms with Gasteiger partial charge in [0.2, 0.25) is 0 Å². The van der Waals surface area contributed by atoms with Crippen LogP contribution in [0.25, 0.3) is 5.57 Å². The lowest BCUT2D eigenvalue weighted by Gasteiger charge is -2.38. The highest BCUT2D eigenvalue weighted by molar-refractivity contribution is 5.73. The van der Waals surface area contributed by atoms with E-state index < -0.39 is 5.97 Å². The minimum atomic E-state index is -0.692. The monoisotopic (exact) mass is 389 g/mol. The van der Waals surface area contributed by atoms with Crippen LogP contribution in [0.1, 0.15) is 35.7 Å².